The minimum Gasteiger partial charge on any atom is -0.492 e. The lowest BCUT2D eigenvalue weighted by Crippen LogP contribution is -2.49. The summed E-state index contributed by atoms with van der Waals surface area (Å²) in [6.07, 6.45) is -3.54. The number of nitrogens with one attached hydrogen (secondary N) is 1. The highest BCUT2D eigenvalue weighted by atomic mass is 19.4. The highest BCUT2D eigenvalue weighted by Crippen LogP contribution is 2.29. The molecule has 156 valence electrons. The Kier molecular flexibility index (Phi) is 6.58. The number of benzene rings is 1. The maximum Gasteiger partial charge on any atom is 0.417 e. The number of hydrogen-bond acceptors (Lipinski definition) is 5. The minimum atomic E-state index is -4.39. The number of alkyl halides is 3. The molecule has 1 amide bonds. The maximum absolute atomic E-state index is 12.7. The summed E-state index contributed by atoms with van der Waals surface area (Å²) in [7, 11) is 0. The van der Waals surface area contributed by atoms with Gasteiger partial charge in [0.2, 0.25) is 5.91 Å². The van der Waals surface area contributed by atoms with Crippen LogP contribution in [-0.4, -0.2) is 55.1 Å². The number of ether oxygens (including phenoxy) is 1. The normalized spacial score (nSPS) is 15.2. The second-order valence-electron chi connectivity index (χ2n) is 6.64. The van der Waals surface area contributed by atoms with Crippen LogP contribution < -0.4 is 15.0 Å². The number of halogens is 3. The number of carbonyl (C=O) groups excluding carboxylic acids is 1. The molecule has 29 heavy (non-hydrogen) atoms. The molecule has 0 spiro atoms. The molecule has 0 unspecified atom stereocenters. The van der Waals surface area contributed by atoms with E-state index in [9.17, 15) is 18.0 Å². The first kappa shape index (κ1) is 20.9. The summed E-state index contributed by atoms with van der Waals surface area (Å²) < 4.78 is 43.5. The van der Waals surface area contributed by atoms with Crippen LogP contribution >= 0.6 is 0 Å². The molecule has 1 saturated heterocycles. The fourth-order valence-electron chi connectivity index (χ4n) is 3.12. The zero-order valence-corrected chi connectivity index (χ0v) is 16.1. The molecule has 0 saturated carbocycles. The first-order chi connectivity index (χ1) is 13.9. The van der Waals surface area contributed by atoms with Crippen molar-refractivity contribution < 1.29 is 22.7 Å². The van der Waals surface area contributed by atoms with Crippen molar-refractivity contribution >= 4 is 17.4 Å². The summed E-state index contributed by atoms with van der Waals surface area (Å²) in [5, 5.41) is 2.87. The average Bonchev–Trinajstić information content (AvgIpc) is 2.70. The predicted molar refractivity (Wildman–Crippen MR) is 104 cm³/mol. The molecule has 2 heterocycles. The van der Waals surface area contributed by atoms with Gasteiger partial charge in [0, 0.05) is 32.4 Å². The minimum absolute atomic E-state index is 0.141. The van der Waals surface area contributed by atoms with E-state index in [2.05, 4.69) is 10.3 Å². The van der Waals surface area contributed by atoms with Gasteiger partial charge in [-0.05, 0) is 31.2 Å². The van der Waals surface area contributed by atoms with Crippen LogP contribution in [0.15, 0.2) is 42.6 Å². The van der Waals surface area contributed by atoms with Crippen LogP contribution in [0.4, 0.5) is 24.7 Å². The van der Waals surface area contributed by atoms with Crippen molar-refractivity contribution in [3.8, 4) is 5.75 Å². The van der Waals surface area contributed by atoms with Gasteiger partial charge in [-0.1, -0.05) is 12.1 Å². The van der Waals surface area contributed by atoms with Crippen molar-refractivity contribution in [2.24, 2.45) is 0 Å². The number of amides is 1. The summed E-state index contributed by atoms with van der Waals surface area (Å²) in [6.45, 7) is 5.01. The van der Waals surface area contributed by atoms with Crippen molar-refractivity contribution in [1.29, 1.82) is 0 Å². The van der Waals surface area contributed by atoms with Crippen LogP contribution in [0.1, 0.15) is 12.5 Å². The zero-order valence-electron chi connectivity index (χ0n) is 16.1. The molecule has 3 rings (SSSR count). The summed E-state index contributed by atoms with van der Waals surface area (Å²) in [5.74, 6) is 0.993. The van der Waals surface area contributed by atoms with E-state index in [-0.39, 0.29) is 12.5 Å². The van der Waals surface area contributed by atoms with Gasteiger partial charge in [-0.15, -0.1) is 0 Å². The Bertz CT molecular complexity index is 819. The van der Waals surface area contributed by atoms with E-state index in [4.69, 9.17) is 4.74 Å². The Hall–Kier alpha value is -2.81. The standard InChI is InChI=1S/C20H23F3N4O2/c1-2-29-17-6-4-3-5-16(17)25-19(28)14-26-9-11-27(12-10-26)18-8-7-15(13-24-18)20(21,22)23/h3-8,13H,2,9-12,14H2,1H3,(H,25,28). The molecular weight excluding hydrogens is 385 g/mol. The second-order valence-corrected chi connectivity index (χ2v) is 6.64. The number of nitrogens with zero attached hydrogens (tertiary/aromatic N) is 3. The first-order valence-electron chi connectivity index (χ1n) is 9.39. The van der Waals surface area contributed by atoms with Gasteiger partial charge in [0.25, 0.3) is 0 Å². The molecule has 0 bridgehead atoms. The van der Waals surface area contributed by atoms with E-state index in [0.29, 0.717) is 50.0 Å². The lowest BCUT2D eigenvalue weighted by molar-refractivity contribution is -0.137. The third kappa shape index (κ3) is 5.60. The number of para-hydroxylation sites is 2. The average molecular weight is 408 g/mol. The van der Waals surface area contributed by atoms with Gasteiger partial charge in [0.05, 0.1) is 24.4 Å². The van der Waals surface area contributed by atoms with Crippen molar-refractivity contribution in [3.63, 3.8) is 0 Å². The highest BCUT2D eigenvalue weighted by Gasteiger charge is 2.31. The highest BCUT2D eigenvalue weighted by molar-refractivity contribution is 5.93. The summed E-state index contributed by atoms with van der Waals surface area (Å²) in [4.78, 5) is 20.2. The maximum atomic E-state index is 12.7. The van der Waals surface area contributed by atoms with E-state index in [0.717, 1.165) is 12.3 Å². The fraction of sp³-hybridized carbons (Fsp3) is 0.400. The van der Waals surface area contributed by atoms with Crippen LogP contribution in [0.2, 0.25) is 0 Å². The number of carbonyl (C=O) groups is 1. The van der Waals surface area contributed by atoms with Crippen LogP contribution in [0.3, 0.4) is 0 Å². The molecule has 0 atom stereocenters. The molecule has 2 aromatic rings. The van der Waals surface area contributed by atoms with Crippen LogP contribution in [0, 0.1) is 0 Å². The van der Waals surface area contributed by atoms with E-state index < -0.39 is 11.7 Å². The number of piperazine rings is 1. The molecule has 0 aliphatic carbocycles. The summed E-state index contributed by atoms with van der Waals surface area (Å²) >= 11 is 0. The van der Waals surface area contributed by atoms with Gasteiger partial charge >= 0.3 is 6.18 Å². The van der Waals surface area contributed by atoms with Crippen molar-refractivity contribution in [2.75, 3.05) is 49.5 Å². The smallest absolute Gasteiger partial charge is 0.417 e. The Morgan fingerprint density at radius 3 is 2.48 bits per heavy atom. The van der Waals surface area contributed by atoms with Gasteiger partial charge < -0.3 is 15.0 Å². The molecule has 1 aliphatic heterocycles. The largest absolute Gasteiger partial charge is 0.492 e. The fourth-order valence-corrected chi connectivity index (χ4v) is 3.12. The molecule has 1 aliphatic rings. The van der Waals surface area contributed by atoms with Crippen LogP contribution in [-0.2, 0) is 11.0 Å². The monoisotopic (exact) mass is 408 g/mol. The lowest BCUT2D eigenvalue weighted by Gasteiger charge is -2.35. The third-order valence-corrected chi connectivity index (χ3v) is 4.60. The van der Waals surface area contributed by atoms with Crippen molar-refractivity contribution in [3.05, 3.63) is 48.2 Å². The quantitative estimate of drug-likeness (QED) is 0.795. The van der Waals surface area contributed by atoms with E-state index in [1.807, 2.05) is 28.9 Å². The molecule has 1 fully saturated rings. The Labute approximate surface area is 167 Å². The van der Waals surface area contributed by atoms with Crippen LogP contribution in [0.25, 0.3) is 0 Å². The Morgan fingerprint density at radius 1 is 1.14 bits per heavy atom. The zero-order chi connectivity index (χ0) is 20.9. The molecule has 0 radical (unpaired) electrons. The van der Waals surface area contributed by atoms with E-state index >= 15 is 0 Å². The number of rotatable bonds is 6. The van der Waals surface area contributed by atoms with E-state index in [1.54, 1.807) is 12.1 Å². The Morgan fingerprint density at radius 2 is 1.86 bits per heavy atom. The molecule has 6 nitrogen and oxygen atoms in total. The third-order valence-electron chi connectivity index (χ3n) is 4.60. The van der Waals surface area contributed by atoms with Gasteiger partial charge in [-0.25, -0.2) is 4.98 Å². The number of pyridine rings is 1. The van der Waals surface area contributed by atoms with Gasteiger partial charge in [-0.2, -0.15) is 13.2 Å². The number of aromatic nitrogens is 1. The predicted octanol–water partition coefficient (Wildman–Crippen LogP) is 3.26. The SMILES string of the molecule is CCOc1ccccc1NC(=O)CN1CCN(c2ccc(C(F)(F)F)cn2)CC1. The summed E-state index contributed by atoms with van der Waals surface area (Å²) in [6, 6.07) is 9.68. The second kappa shape index (κ2) is 9.13. The Balaban J connectivity index is 1.50. The number of hydrogen-bond donors (Lipinski definition) is 1. The van der Waals surface area contributed by atoms with E-state index in [1.165, 1.54) is 6.07 Å². The molecular formula is C20H23F3N4O2. The molecule has 1 N–H and O–H groups in total. The summed E-state index contributed by atoms with van der Waals surface area (Å²) in [5.41, 5.74) is -0.129. The van der Waals surface area contributed by atoms with Crippen molar-refractivity contribution in [1.82, 2.24) is 9.88 Å². The van der Waals surface area contributed by atoms with Gasteiger partial charge in [0.1, 0.15) is 11.6 Å². The molecule has 1 aromatic heterocycles. The van der Waals surface area contributed by atoms with Crippen molar-refractivity contribution in [2.45, 2.75) is 13.1 Å². The topological polar surface area (TPSA) is 57.7 Å². The molecule has 9 heteroatoms. The lowest BCUT2D eigenvalue weighted by atomic mass is 10.2. The van der Waals surface area contributed by atoms with Crippen LogP contribution in [0.5, 0.6) is 5.75 Å². The number of anilines is 2. The van der Waals surface area contributed by atoms with Gasteiger partial charge in [-0.3, -0.25) is 9.69 Å². The van der Waals surface area contributed by atoms with Gasteiger partial charge in [0.15, 0.2) is 0 Å². The molecule has 1 aromatic carbocycles. The first-order valence-corrected chi connectivity index (χ1v) is 9.39.